The minimum Gasteiger partial charge on any atom is -0.356 e. The summed E-state index contributed by atoms with van der Waals surface area (Å²) >= 11 is 0. The standard InChI is InChI=1S/C22H24F2N2O2/c1-2-3-12-25-21(27)20-14-26(22(28)16-6-10-18(24)11-7-16)13-19(20)15-4-8-17(23)9-5-15/h4-11,19-20H,2-3,12-14H2,1H3,(H,25,27)/t19-,20-/m1/s1. The molecule has 4 nitrogen and oxygen atoms in total. The lowest BCUT2D eigenvalue weighted by Crippen LogP contribution is -2.36. The zero-order chi connectivity index (χ0) is 20.1. The van der Waals surface area contributed by atoms with Crippen LogP contribution in [0.25, 0.3) is 0 Å². The number of halogens is 2. The summed E-state index contributed by atoms with van der Waals surface area (Å²) in [6.45, 7) is 3.27. The molecule has 0 radical (unpaired) electrons. The average molecular weight is 386 g/mol. The summed E-state index contributed by atoms with van der Waals surface area (Å²) < 4.78 is 26.5. The molecular weight excluding hydrogens is 362 g/mol. The van der Waals surface area contributed by atoms with Crippen LogP contribution >= 0.6 is 0 Å². The Morgan fingerprint density at radius 1 is 1.00 bits per heavy atom. The zero-order valence-corrected chi connectivity index (χ0v) is 15.8. The van der Waals surface area contributed by atoms with Crippen molar-refractivity contribution in [2.75, 3.05) is 19.6 Å². The Balaban J connectivity index is 1.81. The summed E-state index contributed by atoms with van der Waals surface area (Å²) in [4.78, 5) is 27.2. The smallest absolute Gasteiger partial charge is 0.253 e. The van der Waals surface area contributed by atoms with Crippen molar-refractivity contribution in [1.29, 1.82) is 0 Å². The van der Waals surface area contributed by atoms with Gasteiger partial charge in [0.25, 0.3) is 5.91 Å². The van der Waals surface area contributed by atoms with Crippen LogP contribution in [0.1, 0.15) is 41.6 Å². The van der Waals surface area contributed by atoms with Gasteiger partial charge in [0.2, 0.25) is 5.91 Å². The summed E-state index contributed by atoms with van der Waals surface area (Å²) in [7, 11) is 0. The molecule has 1 aliphatic rings. The molecule has 2 aromatic rings. The Morgan fingerprint density at radius 3 is 2.21 bits per heavy atom. The number of unbranched alkanes of at least 4 members (excludes halogenated alkanes) is 1. The Hall–Kier alpha value is -2.76. The van der Waals surface area contributed by atoms with Crippen molar-refractivity contribution in [3.05, 3.63) is 71.3 Å². The van der Waals surface area contributed by atoms with E-state index in [1.54, 1.807) is 17.0 Å². The fraction of sp³-hybridized carbons (Fsp3) is 0.364. The Labute approximate surface area is 163 Å². The monoisotopic (exact) mass is 386 g/mol. The number of nitrogens with zero attached hydrogens (tertiary/aromatic N) is 1. The van der Waals surface area contributed by atoms with Crippen LogP contribution < -0.4 is 5.32 Å². The van der Waals surface area contributed by atoms with Crippen LogP contribution in [0.15, 0.2) is 48.5 Å². The highest BCUT2D eigenvalue weighted by Gasteiger charge is 2.40. The van der Waals surface area contributed by atoms with Crippen molar-refractivity contribution >= 4 is 11.8 Å². The van der Waals surface area contributed by atoms with Crippen LogP contribution in [-0.2, 0) is 4.79 Å². The second kappa shape index (κ2) is 8.95. The van der Waals surface area contributed by atoms with Gasteiger partial charge in [0, 0.05) is 31.1 Å². The van der Waals surface area contributed by atoms with Gasteiger partial charge in [-0.15, -0.1) is 0 Å². The number of nitrogens with one attached hydrogen (secondary N) is 1. The predicted molar refractivity (Wildman–Crippen MR) is 103 cm³/mol. The molecule has 0 aliphatic carbocycles. The number of rotatable bonds is 6. The first-order chi connectivity index (χ1) is 13.5. The molecule has 1 N–H and O–H groups in total. The lowest BCUT2D eigenvalue weighted by molar-refractivity contribution is -0.124. The number of hydrogen-bond acceptors (Lipinski definition) is 2. The zero-order valence-electron chi connectivity index (χ0n) is 15.8. The molecule has 1 heterocycles. The van der Waals surface area contributed by atoms with E-state index in [2.05, 4.69) is 5.32 Å². The highest BCUT2D eigenvalue weighted by atomic mass is 19.1. The van der Waals surface area contributed by atoms with Gasteiger partial charge in [-0.25, -0.2) is 8.78 Å². The van der Waals surface area contributed by atoms with E-state index >= 15 is 0 Å². The molecule has 1 fully saturated rings. The number of hydrogen-bond donors (Lipinski definition) is 1. The maximum Gasteiger partial charge on any atom is 0.253 e. The minimum atomic E-state index is -0.410. The van der Waals surface area contributed by atoms with Crippen LogP contribution in [-0.4, -0.2) is 36.3 Å². The predicted octanol–water partition coefficient (Wildman–Crippen LogP) is 3.74. The fourth-order valence-corrected chi connectivity index (χ4v) is 3.58. The van der Waals surface area contributed by atoms with Gasteiger partial charge in [0.05, 0.1) is 5.92 Å². The topological polar surface area (TPSA) is 49.4 Å². The largest absolute Gasteiger partial charge is 0.356 e. The molecule has 0 aromatic heterocycles. The normalized spacial score (nSPS) is 18.9. The van der Waals surface area contributed by atoms with E-state index in [9.17, 15) is 18.4 Å². The summed E-state index contributed by atoms with van der Waals surface area (Å²) in [6, 6.07) is 11.4. The van der Waals surface area contributed by atoms with Crippen molar-refractivity contribution in [2.45, 2.75) is 25.7 Å². The van der Waals surface area contributed by atoms with Gasteiger partial charge in [-0.05, 0) is 48.4 Å². The van der Waals surface area contributed by atoms with Crippen molar-refractivity contribution in [1.82, 2.24) is 10.2 Å². The van der Waals surface area contributed by atoms with Crippen molar-refractivity contribution < 1.29 is 18.4 Å². The van der Waals surface area contributed by atoms with Gasteiger partial charge in [-0.2, -0.15) is 0 Å². The van der Waals surface area contributed by atoms with Gasteiger partial charge >= 0.3 is 0 Å². The maximum atomic E-state index is 13.3. The third-order valence-corrected chi connectivity index (χ3v) is 5.16. The first kappa shape index (κ1) is 20.0. The SMILES string of the molecule is CCCCNC(=O)[C@@H]1CN(C(=O)c2ccc(F)cc2)C[C@@H]1c1ccc(F)cc1. The molecule has 0 saturated carbocycles. The Kier molecular flexibility index (Phi) is 6.39. The molecule has 1 aliphatic heterocycles. The molecule has 0 unspecified atom stereocenters. The van der Waals surface area contributed by atoms with Crippen LogP contribution in [0, 0.1) is 17.6 Å². The van der Waals surface area contributed by atoms with Crippen molar-refractivity contribution in [3.63, 3.8) is 0 Å². The number of benzene rings is 2. The first-order valence-corrected chi connectivity index (χ1v) is 9.57. The van der Waals surface area contributed by atoms with E-state index in [4.69, 9.17) is 0 Å². The van der Waals surface area contributed by atoms with E-state index in [0.29, 0.717) is 18.7 Å². The molecule has 6 heteroatoms. The third kappa shape index (κ3) is 4.55. The van der Waals surface area contributed by atoms with E-state index in [1.165, 1.54) is 36.4 Å². The molecule has 2 atom stereocenters. The lowest BCUT2D eigenvalue weighted by atomic mass is 9.88. The van der Waals surface area contributed by atoms with E-state index < -0.39 is 11.7 Å². The quantitative estimate of drug-likeness (QED) is 0.769. The van der Waals surface area contributed by atoms with Crippen LogP contribution in [0.3, 0.4) is 0 Å². The third-order valence-electron chi connectivity index (χ3n) is 5.16. The minimum absolute atomic E-state index is 0.0998. The highest BCUT2D eigenvalue weighted by Crippen LogP contribution is 2.34. The first-order valence-electron chi connectivity index (χ1n) is 9.57. The molecule has 0 spiro atoms. The maximum absolute atomic E-state index is 13.3. The van der Waals surface area contributed by atoms with Crippen molar-refractivity contribution in [3.8, 4) is 0 Å². The van der Waals surface area contributed by atoms with Gasteiger partial charge in [-0.1, -0.05) is 25.5 Å². The molecule has 148 valence electrons. The van der Waals surface area contributed by atoms with Gasteiger partial charge in [0.15, 0.2) is 0 Å². The average Bonchev–Trinajstić information content (AvgIpc) is 3.14. The summed E-state index contributed by atoms with van der Waals surface area (Å²) in [5.41, 5.74) is 1.21. The van der Waals surface area contributed by atoms with Gasteiger partial charge < -0.3 is 10.2 Å². The Bertz CT molecular complexity index is 821. The van der Waals surface area contributed by atoms with Crippen LogP contribution in [0.2, 0.25) is 0 Å². The Morgan fingerprint density at radius 2 is 1.61 bits per heavy atom. The summed E-state index contributed by atoms with van der Waals surface area (Å²) in [5, 5.41) is 2.94. The number of likely N-dealkylation sites (tertiary alicyclic amines) is 1. The lowest BCUT2D eigenvalue weighted by Gasteiger charge is -2.18. The molecule has 2 aromatic carbocycles. The van der Waals surface area contributed by atoms with Gasteiger partial charge in [0.1, 0.15) is 11.6 Å². The van der Waals surface area contributed by atoms with E-state index in [0.717, 1.165) is 18.4 Å². The van der Waals surface area contributed by atoms with Crippen molar-refractivity contribution in [2.24, 2.45) is 5.92 Å². The molecule has 28 heavy (non-hydrogen) atoms. The fourth-order valence-electron chi connectivity index (χ4n) is 3.58. The van der Waals surface area contributed by atoms with Gasteiger partial charge in [-0.3, -0.25) is 9.59 Å². The second-order valence-electron chi connectivity index (χ2n) is 7.13. The highest BCUT2D eigenvalue weighted by molar-refractivity contribution is 5.95. The summed E-state index contributed by atoms with van der Waals surface area (Å²) in [5.74, 6) is -1.72. The summed E-state index contributed by atoms with van der Waals surface area (Å²) in [6.07, 6.45) is 1.86. The second-order valence-corrected chi connectivity index (χ2v) is 7.13. The molecule has 2 amide bonds. The van der Waals surface area contributed by atoms with Crippen LogP contribution in [0.5, 0.6) is 0 Å². The number of amides is 2. The number of carbonyl (C=O) groups excluding carboxylic acids is 2. The van der Waals surface area contributed by atoms with Crippen LogP contribution in [0.4, 0.5) is 8.78 Å². The van der Waals surface area contributed by atoms with E-state index in [-0.39, 0.29) is 30.1 Å². The van der Waals surface area contributed by atoms with E-state index in [1.807, 2.05) is 6.92 Å². The molecular formula is C22H24F2N2O2. The number of carbonyl (C=O) groups is 2. The molecule has 3 rings (SSSR count). The molecule has 1 saturated heterocycles. The molecule has 0 bridgehead atoms.